The largest absolute Gasteiger partial charge is 0.507 e. The van der Waals surface area contributed by atoms with Gasteiger partial charge in [0.15, 0.2) is 6.29 Å². The van der Waals surface area contributed by atoms with Gasteiger partial charge in [-0.15, -0.1) is 0 Å². The first-order chi connectivity index (χ1) is 6.79. The molecule has 0 aromatic heterocycles. The van der Waals surface area contributed by atoms with Crippen LogP contribution in [0.2, 0.25) is 0 Å². The maximum absolute atomic E-state index is 10.6. The van der Waals surface area contributed by atoms with E-state index in [1.54, 1.807) is 12.1 Å². The van der Waals surface area contributed by atoms with Gasteiger partial charge in [-0.3, -0.25) is 4.79 Å². The molecule has 0 unspecified atom stereocenters. The summed E-state index contributed by atoms with van der Waals surface area (Å²) in [5, 5.41) is 17.5. The van der Waals surface area contributed by atoms with Crippen LogP contribution in [0.3, 0.4) is 0 Å². The molecule has 0 heterocycles. The van der Waals surface area contributed by atoms with E-state index in [0.29, 0.717) is 12.0 Å². The summed E-state index contributed by atoms with van der Waals surface area (Å²) in [4.78, 5) is 10.6. The average molecular weight is 191 g/mol. The number of aldehydes is 1. The lowest BCUT2D eigenvalue weighted by atomic mass is 10.2. The Hall–Kier alpha value is -2.02. The number of carbonyl (C=O) groups excluding carboxylic acids is 1. The Labute approximate surface area is 81.4 Å². The van der Waals surface area contributed by atoms with E-state index < -0.39 is 0 Å². The fourth-order valence-corrected chi connectivity index (χ4v) is 0.983. The lowest BCUT2D eigenvalue weighted by molar-refractivity contribution is 0.111. The molecule has 0 saturated carbocycles. The number of phenols is 1. The zero-order valence-electron chi connectivity index (χ0n) is 7.43. The summed E-state index contributed by atoms with van der Waals surface area (Å²) in [5.41, 5.74) is 0.116. The molecule has 0 radical (unpaired) electrons. The first kappa shape index (κ1) is 10.1. The number of ether oxygens (including phenoxy) is 1. The van der Waals surface area contributed by atoms with Crippen molar-refractivity contribution in [3.63, 3.8) is 0 Å². The summed E-state index contributed by atoms with van der Waals surface area (Å²) < 4.78 is 5.14. The van der Waals surface area contributed by atoms with Crippen LogP contribution < -0.4 is 4.74 Å². The molecule has 0 aliphatic heterocycles. The number of carbonyl (C=O) groups is 1. The molecular weight excluding hydrogens is 182 g/mol. The van der Waals surface area contributed by atoms with E-state index in [2.05, 4.69) is 0 Å². The van der Waals surface area contributed by atoms with Crippen molar-refractivity contribution < 1.29 is 14.6 Å². The molecule has 0 aliphatic rings. The number of nitrogens with zero attached hydrogens (tertiary/aromatic N) is 1. The van der Waals surface area contributed by atoms with E-state index >= 15 is 0 Å². The van der Waals surface area contributed by atoms with Crippen LogP contribution in [-0.4, -0.2) is 18.0 Å². The maximum Gasteiger partial charge on any atom is 0.157 e. The van der Waals surface area contributed by atoms with Crippen LogP contribution in [0.5, 0.6) is 11.5 Å². The number of benzene rings is 1. The first-order valence-electron chi connectivity index (χ1n) is 4.06. The minimum atomic E-state index is -0.116. The van der Waals surface area contributed by atoms with Gasteiger partial charge in [0.2, 0.25) is 0 Å². The van der Waals surface area contributed by atoms with E-state index in [1.807, 2.05) is 6.07 Å². The first-order valence-corrected chi connectivity index (χ1v) is 4.06. The molecule has 4 heteroatoms. The van der Waals surface area contributed by atoms with Crippen LogP contribution in [0.4, 0.5) is 0 Å². The summed E-state index contributed by atoms with van der Waals surface area (Å²) in [6.07, 6.45) is 0.769. The van der Waals surface area contributed by atoms with Gasteiger partial charge >= 0.3 is 0 Å². The topological polar surface area (TPSA) is 70.3 Å². The fraction of sp³-hybridized carbons (Fsp3) is 0.200. The van der Waals surface area contributed by atoms with Crippen LogP contribution in [0.1, 0.15) is 16.8 Å². The number of hydrogen-bond donors (Lipinski definition) is 1. The van der Waals surface area contributed by atoms with Crippen molar-refractivity contribution in [3.8, 4) is 17.6 Å². The number of aromatic hydroxyl groups is 1. The summed E-state index contributed by atoms with van der Waals surface area (Å²) in [5.74, 6) is 0.185. The molecule has 1 aromatic carbocycles. The summed E-state index contributed by atoms with van der Waals surface area (Å²) >= 11 is 0. The predicted molar refractivity (Wildman–Crippen MR) is 49.2 cm³/mol. The van der Waals surface area contributed by atoms with Crippen LogP contribution in [0.15, 0.2) is 18.2 Å². The Morgan fingerprint density at radius 3 is 3.00 bits per heavy atom. The third kappa shape index (κ3) is 2.23. The highest BCUT2D eigenvalue weighted by Gasteiger charge is 2.06. The molecule has 0 spiro atoms. The van der Waals surface area contributed by atoms with Crippen molar-refractivity contribution in [2.24, 2.45) is 0 Å². The number of hydrogen-bond acceptors (Lipinski definition) is 4. The lowest BCUT2D eigenvalue weighted by Crippen LogP contribution is -1.98. The standard InChI is InChI=1S/C10H9NO3/c11-5-2-6-14-10-4-1-3-9(13)8(10)7-12/h1,3-4,7,13H,2,6H2. The molecule has 0 fully saturated rings. The van der Waals surface area contributed by atoms with E-state index in [1.165, 1.54) is 6.07 Å². The Morgan fingerprint density at radius 2 is 2.36 bits per heavy atom. The van der Waals surface area contributed by atoms with Crippen molar-refractivity contribution in [2.75, 3.05) is 6.61 Å². The van der Waals surface area contributed by atoms with Gasteiger partial charge in [-0.2, -0.15) is 5.26 Å². The highest BCUT2D eigenvalue weighted by molar-refractivity contribution is 5.83. The van der Waals surface area contributed by atoms with Gasteiger partial charge in [0.1, 0.15) is 18.1 Å². The van der Waals surface area contributed by atoms with Gasteiger partial charge in [-0.1, -0.05) is 6.07 Å². The SMILES string of the molecule is N#CCCOc1cccc(O)c1C=O. The van der Waals surface area contributed by atoms with E-state index in [0.717, 1.165) is 0 Å². The Balaban J connectivity index is 2.81. The normalized spacial score (nSPS) is 9.07. The minimum absolute atomic E-state index is 0.116. The summed E-state index contributed by atoms with van der Waals surface area (Å²) in [6, 6.07) is 6.46. The van der Waals surface area contributed by atoms with Crippen molar-refractivity contribution in [1.29, 1.82) is 5.26 Å². The second-order valence-corrected chi connectivity index (χ2v) is 2.56. The summed E-state index contributed by atoms with van der Waals surface area (Å²) in [6.45, 7) is 0.209. The Bertz CT molecular complexity index is 368. The molecule has 4 nitrogen and oxygen atoms in total. The molecule has 0 aliphatic carbocycles. The van der Waals surface area contributed by atoms with Crippen molar-refractivity contribution in [2.45, 2.75) is 6.42 Å². The molecule has 1 rings (SSSR count). The van der Waals surface area contributed by atoms with E-state index in [4.69, 9.17) is 10.00 Å². The number of phenolic OH excluding ortho intramolecular Hbond substituents is 1. The summed E-state index contributed by atoms with van der Waals surface area (Å²) in [7, 11) is 0. The molecule has 1 N–H and O–H groups in total. The zero-order chi connectivity index (χ0) is 10.4. The van der Waals surface area contributed by atoms with Crippen molar-refractivity contribution in [1.82, 2.24) is 0 Å². The Kier molecular flexibility index (Phi) is 3.50. The third-order valence-electron chi connectivity index (χ3n) is 1.63. The van der Waals surface area contributed by atoms with Gasteiger partial charge in [0.25, 0.3) is 0 Å². The smallest absolute Gasteiger partial charge is 0.157 e. The molecule has 14 heavy (non-hydrogen) atoms. The molecule has 72 valence electrons. The second kappa shape index (κ2) is 4.87. The van der Waals surface area contributed by atoms with Crippen LogP contribution >= 0.6 is 0 Å². The van der Waals surface area contributed by atoms with Crippen LogP contribution in [0, 0.1) is 11.3 Å². The van der Waals surface area contributed by atoms with E-state index in [-0.39, 0.29) is 24.3 Å². The van der Waals surface area contributed by atoms with Crippen LogP contribution in [0.25, 0.3) is 0 Å². The molecule has 0 atom stereocenters. The maximum atomic E-state index is 10.6. The van der Waals surface area contributed by atoms with Gasteiger partial charge < -0.3 is 9.84 Å². The molecular formula is C10H9NO3. The number of nitriles is 1. The lowest BCUT2D eigenvalue weighted by Gasteiger charge is -2.06. The van der Waals surface area contributed by atoms with Crippen molar-refractivity contribution in [3.05, 3.63) is 23.8 Å². The fourth-order valence-electron chi connectivity index (χ4n) is 0.983. The highest BCUT2D eigenvalue weighted by Crippen LogP contribution is 2.25. The van der Waals surface area contributed by atoms with Crippen LogP contribution in [-0.2, 0) is 0 Å². The third-order valence-corrected chi connectivity index (χ3v) is 1.63. The van der Waals surface area contributed by atoms with Gasteiger partial charge in [0.05, 0.1) is 18.1 Å². The highest BCUT2D eigenvalue weighted by atomic mass is 16.5. The molecule has 1 aromatic rings. The Morgan fingerprint density at radius 1 is 1.57 bits per heavy atom. The number of rotatable bonds is 4. The minimum Gasteiger partial charge on any atom is -0.507 e. The zero-order valence-corrected chi connectivity index (χ0v) is 7.43. The quantitative estimate of drug-likeness (QED) is 0.578. The molecule has 0 amide bonds. The molecule has 0 bridgehead atoms. The van der Waals surface area contributed by atoms with Gasteiger partial charge in [-0.25, -0.2) is 0 Å². The van der Waals surface area contributed by atoms with E-state index in [9.17, 15) is 9.90 Å². The van der Waals surface area contributed by atoms with Crippen molar-refractivity contribution >= 4 is 6.29 Å². The average Bonchev–Trinajstić information content (AvgIpc) is 2.18. The second-order valence-electron chi connectivity index (χ2n) is 2.56. The predicted octanol–water partition coefficient (Wildman–Crippen LogP) is 1.50. The van der Waals surface area contributed by atoms with Gasteiger partial charge in [0, 0.05) is 0 Å². The van der Waals surface area contributed by atoms with Gasteiger partial charge in [-0.05, 0) is 12.1 Å². The molecule has 0 saturated heterocycles. The monoisotopic (exact) mass is 191 g/mol.